The quantitative estimate of drug-likeness (QED) is 0.0288. The molecule has 17 nitrogen and oxygen atoms in total. The maximum Gasteiger partial charge on any atom is 0.245 e. The number of H-pyrrole nitrogens is 1. The highest BCUT2D eigenvalue weighted by Crippen LogP contribution is 2.13. The molecule has 2 rings (SSSR count). The standard InChI is InChI=1S/C43H70N10O7/c1-3-4-5-6-7-8-9-10-11-12-13-14-18-23-38(56)51-37(29-54)40(58)48-28-39(57)50-36(26-33-27-46-30-49-33)42(60)53-35(25-32-20-16-15-17-21-32)41(59)52-34(31(2)55)22-19-24-47-43(44)45/h15-17,20-21,27,30,34-37,54H,3-14,18-19,22-26,28-29H2,1-2H3,(H,46,49)(H,48,58)(H,50,57)(H,51,56)(H,52,59)(H,53,60)(H4,44,45,47)/t34-,35-,36-,37-/m0/s1. The molecular weight excluding hydrogens is 769 g/mol. The second-order valence-electron chi connectivity index (χ2n) is 15.3. The van der Waals surface area contributed by atoms with Gasteiger partial charge in [-0.1, -0.05) is 114 Å². The summed E-state index contributed by atoms with van der Waals surface area (Å²) in [6, 6.07) is 4.47. The predicted octanol–water partition coefficient (Wildman–Crippen LogP) is 2.37. The molecular formula is C43H70N10O7. The molecule has 0 unspecified atom stereocenters. The van der Waals surface area contributed by atoms with Crippen LogP contribution >= 0.6 is 0 Å². The second-order valence-corrected chi connectivity index (χ2v) is 15.3. The number of ketones is 1. The molecule has 0 spiro atoms. The lowest BCUT2D eigenvalue weighted by molar-refractivity contribution is -0.133. The molecule has 0 saturated heterocycles. The summed E-state index contributed by atoms with van der Waals surface area (Å²) < 4.78 is 0. The number of amides is 5. The zero-order chi connectivity index (χ0) is 44.0. The number of benzene rings is 1. The number of hydrogen-bond acceptors (Lipinski definition) is 9. The Morgan fingerprint density at radius 2 is 1.27 bits per heavy atom. The molecule has 11 N–H and O–H groups in total. The first-order valence-corrected chi connectivity index (χ1v) is 21.6. The number of nitrogens with zero attached hydrogens (tertiary/aromatic N) is 2. The maximum atomic E-state index is 13.8. The number of aromatic nitrogens is 2. The summed E-state index contributed by atoms with van der Waals surface area (Å²) in [6.07, 6.45) is 19.1. The molecule has 0 saturated carbocycles. The number of Topliss-reactive ketones (excluding diaryl/α,β-unsaturated/α-hetero) is 1. The largest absolute Gasteiger partial charge is 0.394 e. The molecule has 0 aliphatic heterocycles. The third kappa shape index (κ3) is 22.7. The van der Waals surface area contributed by atoms with Gasteiger partial charge in [-0.3, -0.25) is 33.8 Å². The van der Waals surface area contributed by atoms with E-state index in [1.807, 2.05) is 6.07 Å². The molecule has 17 heteroatoms. The number of nitrogens with one attached hydrogen (secondary N) is 6. The van der Waals surface area contributed by atoms with Gasteiger partial charge in [0.2, 0.25) is 29.5 Å². The van der Waals surface area contributed by atoms with Gasteiger partial charge >= 0.3 is 0 Å². The van der Waals surface area contributed by atoms with Crippen LogP contribution in [0.3, 0.4) is 0 Å². The maximum absolute atomic E-state index is 13.8. The van der Waals surface area contributed by atoms with Crippen molar-refractivity contribution in [3.8, 4) is 0 Å². The monoisotopic (exact) mass is 839 g/mol. The lowest BCUT2D eigenvalue weighted by Gasteiger charge is -2.25. The SMILES string of the molecule is CCCCCCCCCCCCCCCC(=O)N[C@@H](CO)C(=O)NCC(=O)N[C@@H](Cc1cnc[nH]1)C(=O)N[C@@H](Cc1ccccc1)C(=O)N[C@@H](CCCN=C(N)N)C(C)=O. The molecule has 60 heavy (non-hydrogen) atoms. The summed E-state index contributed by atoms with van der Waals surface area (Å²) in [6.45, 7) is 2.60. The van der Waals surface area contributed by atoms with Gasteiger partial charge in [0.1, 0.15) is 18.1 Å². The van der Waals surface area contributed by atoms with Crippen LogP contribution in [0.1, 0.15) is 128 Å². The number of carbonyl (C=O) groups excluding carboxylic acids is 6. The third-order valence-electron chi connectivity index (χ3n) is 10.1. The summed E-state index contributed by atoms with van der Waals surface area (Å²) in [5.74, 6) is -3.57. The Balaban J connectivity index is 1.93. The van der Waals surface area contributed by atoms with Crippen LogP contribution in [-0.2, 0) is 41.6 Å². The van der Waals surface area contributed by atoms with Gasteiger partial charge in [-0.15, -0.1) is 0 Å². The molecule has 0 aliphatic carbocycles. The van der Waals surface area contributed by atoms with E-state index in [2.05, 4.69) is 48.5 Å². The van der Waals surface area contributed by atoms with Crippen molar-refractivity contribution in [1.82, 2.24) is 36.6 Å². The molecule has 0 fully saturated rings. The molecule has 1 aromatic carbocycles. The second kappa shape index (κ2) is 30.7. The highest BCUT2D eigenvalue weighted by molar-refractivity contribution is 5.95. The Labute approximate surface area is 354 Å². The summed E-state index contributed by atoms with van der Waals surface area (Å²) in [4.78, 5) is 89.3. The van der Waals surface area contributed by atoms with E-state index in [9.17, 15) is 33.9 Å². The number of aliphatic hydroxyl groups is 1. The lowest BCUT2D eigenvalue weighted by Crippen LogP contribution is -2.57. The van der Waals surface area contributed by atoms with Gasteiger partial charge in [-0.2, -0.15) is 0 Å². The molecule has 334 valence electrons. The number of carbonyl (C=O) groups is 6. The zero-order valence-electron chi connectivity index (χ0n) is 35.6. The van der Waals surface area contributed by atoms with E-state index in [1.54, 1.807) is 24.3 Å². The minimum atomic E-state index is -1.26. The number of guanidine groups is 1. The summed E-state index contributed by atoms with van der Waals surface area (Å²) in [5, 5.41) is 22.9. The minimum Gasteiger partial charge on any atom is -0.394 e. The van der Waals surface area contributed by atoms with Crippen molar-refractivity contribution < 1.29 is 33.9 Å². The van der Waals surface area contributed by atoms with E-state index >= 15 is 0 Å². The molecule has 1 aromatic heterocycles. The fourth-order valence-corrected chi connectivity index (χ4v) is 6.61. The lowest BCUT2D eigenvalue weighted by atomic mass is 10.0. The van der Waals surface area contributed by atoms with Crippen LogP contribution in [0.25, 0.3) is 0 Å². The third-order valence-corrected chi connectivity index (χ3v) is 10.1. The van der Waals surface area contributed by atoms with Crippen LogP contribution in [0.5, 0.6) is 0 Å². The molecule has 0 aliphatic rings. The van der Waals surface area contributed by atoms with Crippen molar-refractivity contribution in [2.24, 2.45) is 16.5 Å². The van der Waals surface area contributed by atoms with Crippen LogP contribution in [0, 0.1) is 0 Å². The summed E-state index contributed by atoms with van der Waals surface area (Å²) >= 11 is 0. The van der Waals surface area contributed by atoms with Crippen LogP contribution in [0.15, 0.2) is 47.8 Å². The topological polar surface area (TPSA) is 276 Å². The number of aliphatic hydroxyl groups excluding tert-OH is 1. The van der Waals surface area contributed by atoms with Gasteiger partial charge in [0.25, 0.3) is 0 Å². The first-order chi connectivity index (χ1) is 28.9. The number of unbranched alkanes of at least 4 members (excludes halogenated alkanes) is 12. The van der Waals surface area contributed by atoms with Crippen molar-refractivity contribution in [2.75, 3.05) is 19.7 Å². The van der Waals surface area contributed by atoms with Gasteiger partial charge in [0.15, 0.2) is 11.7 Å². The normalized spacial score (nSPS) is 12.9. The number of aromatic amines is 1. The number of aliphatic imine (C=N–C) groups is 1. The Morgan fingerprint density at radius 3 is 1.82 bits per heavy atom. The van der Waals surface area contributed by atoms with Crippen LogP contribution in [0.2, 0.25) is 0 Å². The number of hydrogen-bond donors (Lipinski definition) is 9. The molecule has 1 heterocycles. The van der Waals surface area contributed by atoms with Crippen LogP contribution in [0.4, 0.5) is 0 Å². The highest BCUT2D eigenvalue weighted by atomic mass is 16.3. The fraction of sp³-hybridized carbons (Fsp3) is 0.628. The van der Waals surface area contributed by atoms with Crippen molar-refractivity contribution in [1.29, 1.82) is 0 Å². The van der Waals surface area contributed by atoms with Gasteiger partial charge in [0.05, 0.1) is 25.5 Å². The number of rotatable bonds is 33. The number of nitrogens with two attached hydrogens (primary N) is 2. The van der Waals surface area contributed by atoms with Gasteiger partial charge in [-0.25, -0.2) is 4.98 Å². The molecule has 5 amide bonds. The predicted molar refractivity (Wildman–Crippen MR) is 231 cm³/mol. The van der Waals surface area contributed by atoms with Crippen molar-refractivity contribution in [3.05, 3.63) is 54.1 Å². The van der Waals surface area contributed by atoms with E-state index in [4.69, 9.17) is 11.5 Å². The molecule has 2 aromatic rings. The van der Waals surface area contributed by atoms with Gasteiger partial charge in [-0.05, 0) is 31.7 Å². The number of imidazole rings is 1. The molecule has 0 radical (unpaired) electrons. The Hall–Kier alpha value is -5.32. The average Bonchev–Trinajstić information content (AvgIpc) is 3.74. The summed E-state index contributed by atoms with van der Waals surface area (Å²) in [7, 11) is 0. The van der Waals surface area contributed by atoms with Crippen LogP contribution in [-0.4, -0.2) is 100 Å². The smallest absolute Gasteiger partial charge is 0.245 e. The van der Waals surface area contributed by atoms with E-state index in [-0.39, 0.29) is 49.9 Å². The van der Waals surface area contributed by atoms with E-state index in [0.717, 1.165) is 24.8 Å². The van der Waals surface area contributed by atoms with Gasteiger partial charge in [0, 0.05) is 37.7 Å². The summed E-state index contributed by atoms with van der Waals surface area (Å²) in [5.41, 5.74) is 12.0. The fourth-order valence-electron chi connectivity index (χ4n) is 6.61. The molecule has 0 bridgehead atoms. The Bertz CT molecular complexity index is 1590. The minimum absolute atomic E-state index is 0.0411. The Morgan fingerprint density at radius 1 is 0.700 bits per heavy atom. The van der Waals surface area contributed by atoms with Crippen molar-refractivity contribution in [3.63, 3.8) is 0 Å². The van der Waals surface area contributed by atoms with E-state index in [1.165, 1.54) is 77.2 Å². The average molecular weight is 839 g/mol. The van der Waals surface area contributed by atoms with Crippen molar-refractivity contribution >= 4 is 41.3 Å². The van der Waals surface area contributed by atoms with Gasteiger partial charge < -0.3 is 48.1 Å². The first kappa shape index (κ1) is 50.8. The zero-order valence-corrected chi connectivity index (χ0v) is 35.6. The van der Waals surface area contributed by atoms with Crippen molar-refractivity contribution in [2.45, 2.75) is 154 Å². The van der Waals surface area contributed by atoms with E-state index in [0.29, 0.717) is 18.5 Å². The van der Waals surface area contributed by atoms with Crippen LogP contribution < -0.4 is 38.1 Å². The highest BCUT2D eigenvalue weighted by Gasteiger charge is 2.30. The Kier molecular flexibility index (Phi) is 26.0. The molecule has 4 atom stereocenters. The first-order valence-electron chi connectivity index (χ1n) is 21.6. The van der Waals surface area contributed by atoms with E-state index < -0.39 is 60.9 Å².